The van der Waals surface area contributed by atoms with Gasteiger partial charge in [-0.05, 0) is 49.2 Å². The Hall–Kier alpha value is -3.85. The Labute approximate surface area is 213 Å². The maximum Gasteiger partial charge on any atom is 0.251 e. The molecule has 36 heavy (non-hydrogen) atoms. The second-order valence-corrected chi connectivity index (χ2v) is 9.84. The minimum absolute atomic E-state index is 0.142. The standard InChI is InChI=1S/C27H25N5O3S/c33-24(29-20-11-12-22-23(16-20)35-27(34-22)13-5-2-6-14-27)18-36-26-31-30-25(19-8-7-15-28-17-19)32(26)21-9-3-1-4-10-21/h1,3-4,7-12,15-17H,2,5-6,13-14,18H2,(H,29,33). The number of carbonyl (C=O) groups is 1. The zero-order valence-electron chi connectivity index (χ0n) is 19.6. The molecule has 6 rings (SSSR count). The van der Waals surface area contributed by atoms with Gasteiger partial charge in [0.2, 0.25) is 5.91 Å². The summed E-state index contributed by atoms with van der Waals surface area (Å²) in [5, 5.41) is 12.4. The van der Waals surface area contributed by atoms with Crippen molar-refractivity contribution in [3.05, 3.63) is 73.1 Å². The molecule has 0 unspecified atom stereocenters. The van der Waals surface area contributed by atoms with E-state index in [1.807, 2.05) is 65.2 Å². The number of hydrogen-bond donors (Lipinski definition) is 1. The zero-order chi connectivity index (χ0) is 24.4. The molecule has 1 spiro atoms. The molecular weight excluding hydrogens is 474 g/mol. The number of thioether (sulfide) groups is 1. The van der Waals surface area contributed by atoms with Gasteiger partial charge in [0, 0.05) is 48.2 Å². The highest BCUT2D eigenvalue weighted by Gasteiger charge is 2.42. The van der Waals surface area contributed by atoms with Crippen molar-refractivity contribution < 1.29 is 14.3 Å². The first-order chi connectivity index (χ1) is 17.7. The molecular formula is C27H25N5O3S. The maximum absolute atomic E-state index is 12.8. The fourth-order valence-electron chi connectivity index (χ4n) is 4.65. The minimum Gasteiger partial charge on any atom is -0.448 e. The average Bonchev–Trinajstić information content (AvgIpc) is 3.49. The average molecular weight is 500 g/mol. The van der Waals surface area contributed by atoms with E-state index in [2.05, 4.69) is 20.5 Å². The predicted molar refractivity (Wildman–Crippen MR) is 137 cm³/mol. The van der Waals surface area contributed by atoms with Crippen LogP contribution in [0.4, 0.5) is 5.69 Å². The number of fused-ring (bicyclic) bond motifs is 1. The molecule has 1 N–H and O–H groups in total. The van der Waals surface area contributed by atoms with E-state index in [0.717, 1.165) is 42.7 Å². The van der Waals surface area contributed by atoms with E-state index in [1.165, 1.54) is 18.2 Å². The van der Waals surface area contributed by atoms with E-state index >= 15 is 0 Å². The number of nitrogens with zero attached hydrogens (tertiary/aromatic N) is 4. The van der Waals surface area contributed by atoms with Crippen LogP contribution >= 0.6 is 11.8 Å². The Balaban J connectivity index is 1.16. The highest BCUT2D eigenvalue weighted by Crippen LogP contribution is 2.46. The van der Waals surface area contributed by atoms with Crippen LogP contribution in [0.1, 0.15) is 32.1 Å². The summed E-state index contributed by atoms with van der Waals surface area (Å²) >= 11 is 1.33. The minimum atomic E-state index is -0.535. The molecule has 2 aromatic heterocycles. The first-order valence-electron chi connectivity index (χ1n) is 12.1. The summed E-state index contributed by atoms with van der Waals surface area (Å²) in [6.45, 7) is 0. The number of benzene rings is 2. The van der Waals surface area contributed by atoms with Crippen molar-refractivity contribution >= 4 is 23.4 Å². The van der Waals surface area contributed by atoms with Crippen LogP contribution in [0.25, 0.3) is 17.1 Å². The smallest absolute Gasteiger partial charge is 0.251 e. The first-order valence-corrected chi connectivity index (χ1v) is 13.0. The zero-order valence-corrected chi connectivity index (χ0v) is 20.4. The molecule has 9 heteroatoms. The topological polar surface area (TPSA) is 91.2 Å². The monoisotopic (exact) mass is 499 g/mol. The first kappa shape index (κ1) is 22.6. The Bertz CT molecular complexity index is 1370. The Kier molecular flexibility index (Phi) is 6.06. The van der Waals surface area contributed by atoms with Gasteiger partial charge in [-0.1, -0.05) is 36.4 Å². The molecule has 1 saturated carbocycles. The van der Waals surface area contributed by atoms with Crippen molar-refractivity contribution in [2.24, 2.45) is 0 Å². The van der Waals surface area contributed by atoms with Gasteiger partial charge >= 0.3 is 0 Å². The van der Waals surface area contributed by atoms with E-state index in [9.17, 15) is 4.79 Å². The summed E-state index contributed by atoms with van der Waals surface area (Å²) in [7, 11) is 0. The van der Waals surface area contributed by atoms with E-state index < -0.39 is 5.79 Å². The maximum atomic E-state index is 12.8. The third kappa shape index (κ3) is 4.54. The quantitative estimate of drug-likeness (QED) is 0.351. The lowest BCUT2D eigenvalue weighted by molar-refractivity contribution is -0.113. The van der Waals surface area contributed by atoms with Crippen molar-refractivity contribution in [3.63, 3.8) is 0 Å². The Morgan fingerprint density at radius 1 is 0.972 bits per heavy atom. The number of hydrogen-bond acceptors (Lipinski definition) is 7. The molecule has 0 radical (unpaired) electrons. The van der Waals surface area contributed by atoms with Crippen LogP contribution in [0.5, 0.6) is 11.5 Å². The van der Waals surface area contributed by atoms with Gasteiger partial charge in [0.1, 0.15) is 0 Å². The van der Waals surface area contributed by atoms with Crippen LogP contribution in [0.3, 0.4) is 0 Å². The molecule has 0 saturated heterocycles. The Morgan fingerprint density at radius 3 is 2.61 bits per heavy atom. The van der Waals surface area contributed by atoms with Gasteiger partial charge in [-0.3, -0.25) is 14.3 Å². The molecule has 0 atom stereocenters. The van der Waals surface area contributed by atoms with Gasteiger partial charge in [0.05, 0.1) is 5.75 Å². The molecule has 182 valence electrons. The molecule has 1 amide bonds. The largest absolute Gasteiger partial charge is 0.448 e. The summed E-state index contributed by atoms with van der Waals surface area (Å²) in [6.07, 6.45) is 8.67. The van der Waals surface area contributed by atoms with Crippen LogP contribution in [0.15, 0.2) is 78.2 Å². The fourth-order valence-corrected chi connectivity index (χ4v) is 5.40. The lowest BCUT2D eigenvalue weighted by Gasteiger charge is -2.31. The van der Waals surface area contributed by atoms with E-state index in [1.54, 1.807) is 12.4 Å². The molecule has 1 fully saturated rings. The van der Waals surface area contributed by atoms with Gasteiger partial charge < -0.3 is 14.8 Å². The number of pyridine rings is 1. The van der Waals surface area contributed by atoms with E-state index in [4.69, 9.17) is 9.47 Å². The van der Waals surface area contributed by atoms with Crippen LogP contribution < -0.4 is 14.8 Å². The van der Waals surface area contributed by atoms with Gasteiger partial charge in [-0.15, -0.1) is 10.2 Å². The van der Waals surface area contributed by atoms with Crippen LogP contribution in [-0.4, -0.2) is 37.2 Å². The summed E-state index contributed by atoms with van der Waals surface area (Å²) in [6, 6.07) is 19.2. The number of aromatic nitrogens is 4. The molecule has 3 heterocycles. The number of amides is 1. The number of nitrogens with one attached hydrogen (secondary N) is 1. The summed E-state index contributed by atoms with van der Waals surface area (Å²) < 4.78 is 14.3. The van der Waals surface area contributed by atoms with Crippen molar-refractivity contribution in [2.75, 3.05) is 11.1 Å². The molecule has 4 aromatic rings. The van der Waals surface area contributed by atoms with Crippen molar-refractivity contribution in [1.29, 1.82) is 0 Å². The number of carbonyl (C=O) groups excluding carboxylic acids is 1. The lowest BCUT2D eigenvalue weighted by Crippen LogP contribution is -2.40. The second kappa shape index (κ2) is 9.66. The van der Waals surface area contributed by atoms with Crippen LogP contribution in [0, 0.1) is 0 Å². The fraction of sp³-hybridized carbons (Fsp3) is 0.259. The third-order valence-corrected chi connectivity index (χ3v) is 7.26. The van der Waals surface area contributed by atoms with Gasteiger partial charge in [-0.25, -0.2) is 0 Å². The van der Waals surface area contributed by atoms with Gasteiger partial charge in [0.15, 0.2) is 22.5 Å². The van der Waals surface area contributed by atoms with Crippen molar-refractivity contribution in [3.8, 4) is 28.6 Å². The van der Waals surface area contributed by atoms with Crippen LogP contribution in [-0.2, 0) is 4.79 Å². The van der Waals surface area contributed by atoms with Gasteiger partial charge in [0.25, 0.3) is 5.79 Å². The molecule has 8 nitrogen and oxygen atoms in total. The highest BCUT2D eigenvalue weighted by molar-refractivity contribution is 7.99. The van der Waals surface area contributed by atoms with Crippen LogP contribution in [0.2, 0.25) is 0 Å². The van der Waals surface area contributed by atoms with Gasteiger partial charge in [-0.2, -0.15) is 0 Å². The summed E-state index contributed by atoms with van der Waals surface area (Å²) in [4.78, 5) is 17.0. The lowest BCUT2D eigenvalue weighted by atomic mass is 9.94. The highest BCUT2D eigenvalue weighted by atomic mass is 32.2. The number of rotatable bonds is 6. The SMILES string of the molecule is O=C(CSc1nnc(-c2cccnc2)n1-c1ccccc1)Nc1ccc2c(c1)OC1(CCCCC1)O2. The molecule has 1 aliphatic carbocycles. The molecule has 2 aromatic carbocycles. The summed E-state index contributed by atoms with van der Waals surface area (Å²) in [5.41, 5.74) is 2.44. The second-order valence-electron chi connectivity index (χ2n) is 8.89. The molecule has 0 bridgehead atoms. The summed E-state index contributed by atoms with van der Waals surface area (Å²) in [5.74, 6) is 1.60. The number of anilines is 1. The van der Waals surface area contributed by atoms with Crippen molar-refractivity contribution in [2.45, 2.75) is 43.0 Å². The third-order valence-electron chi connectivity index (χ3n) is 6.33. The number of para-hydroxylation sites is 1. The van der Waals surface area contributed by atoms with E-state index in [-0.39, 0.29) is 11.7 Å². The normalized spacial score (nSPS) is 15.7. The predicted octanol–water partition coefficient (Wildman–Crippen LogP) is 5.49. The Morgan fingerprint density at radius 2 is 1.81 bits per heavy atom. The molecule has 2 aliphatic rings. The molecule has 1 aliphatic heterocycles. The van der Waals surface area contributed by atoms with Crippen molar-refractivity contribution in [1.82, 2.24) is 19.7 Å². The number of ether oxygens (including phenoxy) is 2. The van der Waals surface area contributed by atoms with E-state index in [0.29, 0.717) is 22.4 Å².